The number of piperidine rings is 1. The molecule has 8 nitrogen and oxygen atoms in total. The number of benzene rings is 1. The Labute approximate surface area is 207 Å². The summed E-state index contributed by atoms with van der Waals surface area (Å²) in [7, 11) is 3.62. The second-order valence-electron chi connectivity index (χ2n) is 8.97. The summed E-state index contributed by atoms with van der Waals surface area (Å²) >= 11 is 6.77. The van der Waals surface area contributed by atoms with Crippen molar-refractivity contribution in [1.29, 1.82) is 0 Å². The van der Waals surface area contributed by atoms with Crippen molar-refractivity contribution < 1.29 is 9.53 Å². The van der Waals surface area contributed by atoms with Gasteiger partial charge in [-0.15, -0.1) is 0 Å². The van der Waals surface area contributed by atoms with E-state index in [1.54, 1.807) is 18.3 Å². The Balaban J connectivity index is 1.81. The SMILES string of the molecule is CCNC(=O)c1cc(OC)cc(-c2cc3cnc4[nH]ccc4c3n(C3CCN(C)CC3)c2=O)c1Cl. The lowest BCUT2D eigenvalue weighted by molar-refractivity contribution is 0.0955. The van der Waals surface area contributed by atoms with Gasteiger partial charge in [0.1, 0.15) is 11.4 Å². The summed E-state index contributed by atoms with van der Waals surface area (Å²) in [5.41, 5.74) is 2.62. The van der Waals surface area contributed by atoms with Crippen LogP contribution in [0, 0.1) is 0 Å². The minimum atomic E-state index is -0.315. The number of amides is 1. The van der Waals surface area contributed by atoms with E-state index in [4.69, 9.17) is 16.3 Å². The second kappa shape index (κ2) is 9.36. The van der Waals surface area contributed by atoms with Crippen molar-refractivity contribution in [3.05, 3.63) is 57.6 Å². The third-order valence-corrected chi connectivity index (χ3v) is 7.19. The fourth-order valence-corrected chi connectivity index (χ4v) is 5.26. The van der Waals surface area contributed by atoms with Gasteiger partial charge in [-0.2, -0.15) is 0 Å². The lowest BCUT2D eigenvalue weighted by Crippen LogP contribution is -2.36. The Bertz CT molecular complexity index is 1480. The molecule has 9 heteroatoms. The Hall–Kier alpha value is -3.36. The monoisotopic (exact) mass is 493 g/mol. The number of hydrogen-bond acceptors (Lipinski definition) is 5. The first-order chi connectivity index (χ1) is 16.9. The topological polar surface area (TPSA) is 92.2 Å². The van der Waals surface area contributed by atoms with E-state index < -0.39 is 0 Å². The molecule has 0 atom stereocenters. The number of pyridine rings is 2. The number of aromatic amines is 1. The highest BCUT2D eigenvalue weighted by atomic mass is 35.5. The van der Waals surface area contributed by atoms with Crippen molar-refractivity contribution in [2.75, 3.05) is 33.8 Å². The van der Waals surface area contributed by atoms with Crippen LogP contribution in [-0.4, -0.2) is 59.1 Å². The Morgan fingerprint density at radius 3 is 2.74 bits per heavy atom. The minimum Gasteiger partial charge on any atom is -0.497 e. The van der Waals surface area contributed by atoms with Crippen molar-refractivity contribution in [2.45, 2.75) is 25.8 Å². The van der Waals surface area contributed by atoms with Crippen LogP contribution in [0.3, 0.4) is 0 Å². The quantitative estimate of drug-likeness (QED) is 0.434. The Kier molecular flexibility index (Phi) is 6.25. The molecule has 0 spiro atoms. The number of methoxy groups -OCH3 is 1. The molecule has 4 aromatic rings. The van der Waals surface area contributed by atoms with Gasteiger partial charge in [0, 0.05) is 46.9 Å². The Morgan fingerprint density at radius 1 is 1.26 bits per heavy atom. The van der Waals surface area contributed by atoms with E-state index >= 15 is 0 Å². The predicted molar refractivity (Wildman–Crippen MR) is 139 cm³/mol. The lowest BCUT2D eigenvalue weighted by atomic mass is 9.98. The first-order valence-electron chi connectivity index (χ1n) is 11.8. The number of nitrogens with one attached hydrogen (secondary N) is 2. The Morgan fingerprint density at radius 2 is 2.03 bits per heavy atom. The van der Waals surface area contributed by atoms with Crippen LogP contribution in [-0.2, 0) is 0 Å². The van der Waals surface area contributed by atoms with E-state index in [1.807, 2.05) is 29.8 Å². The molecule has 1 saturated heterocycles. The first-order valence-corrected chi connectivity index (χ1v) is 12.2. The molecule has 1 aliphatic rings. The molecule has 35 heavy (non-hydrogen) atoms. The van der Waals surface area contributed by atoms with Gasteiger partial charge >= 0.3 is 0 Å². The molecule has 182 valence electrons. The van der Waals surface area contributed by atoms with Gasteiger partial charge in [0.05, 0.1) is 23.2 Å². The van der Waals surface area contributed by atoms with Gasteiger partial charge < -0.3 is 24.5 Å². The van der Waals surface area contributed by atoms with Crippen LogP contribution >= 0.6 is 11.6 Å². The summed E-state index contributed by atoms with van der Waals surface area (Å²) in [6, 6.07) is 7.13. The highest BCUT2D eigenvalue weighted by molar-refractivity contribution is 6.36. The number of fused-ring (bicyclic) bond motifs is 3. The zero-order valence-corrected chi connectivity index (χ0v) is 20.8. The van der Waals surface area contributed by atoms with E-state index in [0.29, 0.717) is 23.4 Å². The highest BCUT2D eigenvalue weighted by Gasteiger charge is 2.26. The number of H-pyrrole nitrogens is 1. The summed E-state index contributed by atoms with van der Waals surface area (Å²) < 4.78 is 7.38. The minimum absolute atomic E-state index is 0.0360. The van der Waals surface area contributed by atoms with Crippen molar-refractivity contribution >= 4 is 39.4 Å². The zero-order chi connectivity index (χ0) is 24.7. The van der Waals surface area contributed by atoms with Gasteiger partial charge in [-0.05, 0) is 64.2 Å². The van der Waals surface area contributed by atoms with Crippen molar-refractivity contribution in [1.82, 2.24) is 24.8 Å². The third-order valence-electron chi connectivity index (χ3n) is 6.78. The van der Waals surface area contributed by atoms with Crippen molar-refractivity contribution in [3.63, 3.8) is 0 Å². The largest absolute Gasteiger partial charge is 0.497 e. The maximum Gasteiger partial charge on any atom is 0.259 e. The van der Waals surface area contributed by atoms with E-state index in [0.717, 1.165) is 47.9 Å². The van der Waals surface area contributed by atoms with Gasteiger partial charge in [0.2, 0.25) is 0 Å². The molecular weight excluding hydrogens is 466 g/mol. The average molecular weight is 494 g/mol. The molecule has 1 fully saturated rings. The lowest BCUT2D eigenvalue weighted by Gasteiger charge is -2.31. The summed E-state index contributed by atoms with van der Waals surface area (Å²) in [6.45, 7) is 4.11. The number of halogens is 1. The number of hydrogen-bond donors (Lipinski definition) is 2. The predicted octanol–water partition coefficient (Wildman–Crippen LogP) is 4.22. The van der Waals surface area contributed by atoms with Crippen LogP contribution in [0.2, 0.25) is 5.02 Å². The smallest absolute Gasteiger partial charge is 0.259 e. The molecule has 0 saturated carbocycles. The van der Waals surface area contributed by atoms with E-state index in [2.05, 4.69) is 27.2 Å². The molecule has 0 unspecified atom stereocenters. The fourth-order valence-electron chi connectivity index (χ4n) is 4.96. The van der Waals surface area contributed by atoms with Crippen LogP contribution < -0.4 is 15.6 Å². The molecule has 0 bridgehead atoms. The molecule has 1 aliphatic heterocycles. The number of carbonyl (C=O) groups excluding carboxylic acids is 1. The molecule has 1 amide bonds. The number of likely N-dealkylation sites (tertiary alicyclic amines) is 1. The van der Waals surface area contributed by atoms with E-state index in [1.165, 1.54) is 7.11 Å². The van der Waals surface area contributed by atoms with Crippen LogP contribution in [0.15, 0.2) is 41.5 Å². The maximum atomic E-state index is 14.2. The zero-order valence-electron chi connectivity index (χ0n) is 20.0. The summed E-state index contributed by atoms with van der Waals surface area (Å²) in [4.78, 5) is 36.9. The van der Waals surface area contributed by atoms with Crippen LogP contribution in [0.25, 0.3) is 33.1 Å². The maximum absolute atomic E-state index is 14.2. The van der Waals surface area contributed by atoms with Crippen molar-refractivity contribution in [2.24, 2.45) is 0 Å². The van der Waals surface area contributed by atoms with Gasteiger partial charge in [-0.25, -0.2) is 4.98 Å². The number of rotatable bonds is 5. The molecule has 0 aliphatic carbocycles. The average Bonchev–Trinajstić information content (AvgIpc) is 3.34. The molecule has 1 aromatic carbocycles. The standard InChI is InChI=1S/C26H28ClN5O3/c1-4-28-25(33)21-13-17(35-3)12-19(22(21)27)20-11-15-14-30-24-18(5-8-29-24)23(15)32(26(20)34)16-6-9-31(2)10-7-16/h5,8,11-14,16H,4,6-7,9-10H2,1-3H3,(H,28,33)(H,29,30). The second-order valence-corrected chi connectivity index (χ2v) is 9.34. The highest BCUT2D eigenvalue weighted by Crippen LogP contribution is 2.36. The number of aromatic nitrogens is 3. The number of carbonyl (C=O) groups is 1. The number of ether oxygens (including phenoxy) is 1. The molecule has 5 rings (SSSR count). The van der Waals surface area contributed by atoms with Gasteiger partial charge in [-0.1, -0.05) is 11.6 Å². The summed E-state index contributed by atoms with van der Waals surface area (Å²) in [5.74, 6) is 0.139. The summed E-state index contributed by atoms with van der Waals surface area (Å²) in [6.07, 6.45) is 5.34. The summed E-state index contributed by atoms with van der Waals surface area (Å²) in [5, 5.41) is 4.75. The molecule has 3 aromatic heterocycles. The van der Waals surface area contributed by atoms with Gasteiger partial charge in [0.25, 0.3) is 11.5 Å². The van der Waals surface area contributed by atoms with Crippen LogP contribution in [0.1, 0.15) is 36.2 Å². The van der Waals surface area contributed by atoms with Crippen molar-refractivity contribution in [3.8, 4) is 16.9 Å². The van der Waals surface area contributed by atoms with E-state index in [9.17, 15) is 9.59 Å². The fraction of sp³-hybridized carbons (Fsp3) is 0.346. The van der Waals surface area contributed by atoms with E-state index in [-0.39, 0.29) is 28.1 Å². The van der Waals surface area contributed by atoms with Crippen LogP contribution in [0.5, 0.6) is 5.75 Å². The van der Waals surface area contributed by atoms with Gasteiger partial charge in [-0.3, -0.25) is 9.59 Å². The normalized spacial score (nSPS) is 15.1. The third kappa shape index (κ3) is 4.06. The van der Waals surface area contributed by atoms with Crippen LogP contribution in [0.4, 0.5) is 0 Å². The van der Waals surface area contributed by atoms with Gasteiger partial charge in [0.15, 0.2) is 0 Å². The first kappa shape index (κ1) is 23.4. The molecule has 4 heterocycles. The molecule has 2 N–H and O–H groups in total. The molecular formula is C26H28ClN5O3. The number of nitrogens with zero attached hydrogens (tertiary/aromatic N) is 3. The molecule has 0 radical (unpaired) electrons.